The molecule has 0 aromatic heterocycles. The van der Waals surface area contributed by atoms with Crippen molar-refractivity contribution in [2.75, 3.05) is 71.0 Å². The van der Waals surface area contributed by atoms with Crippen LogP contribution >= 0.6 is 0 Å². The summed E-state index contributed by atoms with van der Waals surface area (Å²) in [6.45, 7) is 10.8. The van der Waals surface area contributed by atoms with Gasteiger partial charge in [0.1, 0.15) is 5.75 Å². The second-order valence-electron chi connectivity index (χ2n) is 7.64. The summed E-state index contributed by atoms with van der Waals surface area (Å²) in [5.74, 6) is 2.38. The molecule has 2 aliphatic heterocycles. The lowest BCUT2D eigenvalue weighted by Gasteiger charge is -2.36. The molecule has 0 aliphatic carbocycles. The summed E-state index contributed by atoms with van der Waals surface area (Å²) in [6, 6.07) is 8.20. The number of amides is 1. The van der Waals surface area contributed by atoms with Gasteiger partial charge in [-0.05, 0) is 38.3 Å². The molecule has 2 saturated heterocycles. The molecule has 0 bridgehead atoms. The maximum absolute atomic E-state index is 11.9. The lowest BCUT2D eigenvalue weighted by molar-refractivity contribution is 0.0914. The van der Waals surface area contributed by atoms with Crippen molar-refractivity contribution in [1.29, 1.82) is 0 Å². The number of ether oxygens (including phenoxy) is 2. The van der Waals surface area contributed by atoms with Crippen LogP contribution in [0.5, 0.6) is 5.75 Å². The Labute approximate surface area is 179 Å². The predicted octanol–water partition coefficient (Wildman–Crippen LogP) is 2.26. The van der Waals surface area contributed by atoms with Gasteiger partial charge >= 0.3 is 6.09 Å². The average molecular weight is 418 g/mol. The van der Waals surface area contributed by atoms with Crippen molar-refractivity contribution in [3.8, 4) is 5.75 Å². The van der Waals surface area contributed by atoms with E-state index in [1.54, 1.807) is 12.0 Å². The standard InChI is InChI=1S/C22H35N5O3/c1-4-23-21(25-12-14-26(15-13-25)22(28)30-5-2)24-16-18-10-11-27(17-18)19-8-6-7-9-20(19)29-3/h6-9,18H,4-5,10-17H2,1-3H3,(H,23,24). The van der Waals surface area contributed by atoms with E-state index in [9.17, 15) is 4.79 Å². The third-order valence-electron chi connectivity index (χ3n) is 5.65. The molecule has 166 valence electrons. The molecular formula is C22H35N5O3. The average Bonchev–Trinajstić information content (AvgIpc) is 3.25. The Balaban J connectivity index is 1.55. The van der Waals surface area contributed by atoms with Gasteiger partial charge in [-0.1, -0.05) is 12.1 Å². The van der Waals surface area contributed by atoms with E-state index in [0.717, 1.165) is 63.1 Å². The molecule has 1 N–H and O–H groups in total. The van der Waals surface area contributed by atoms with E-state index in [-0.39, 0.29) is 6.09 Å². The number of para-hydroxylation sites is 2. The zero-order valence-electron chi connectivity index (χ0n) is 18.5. The van der Waals surface area contributed by atoms with Crippen LogP contribution in [0.15, 0.2) is 29.3 Å². The molecule has 8 heteroatoms. The minimum Gasteiger partial charge on any atom is -0.495 e. The SMILES string of the molecule is CCNC(=NCC1CCN(c2ccccc2OC)C1)N1CCN(C(=O)OCC)CC1. The first-order chi connectivity index (χ1) is 14.7. The zero-order valence-corrected chi connectivity index (χ0v) is 18.5. The number of guanidine groups is 1. The smallest absolute Gasteiger partial charge is 0.409 e. The van der Waals surface area contributed by atoms with Crippen LogP contribution in [0.25, 0.3) is 0 Å². The molecule has 0 spiro atoms. The molecule has 2 fully saturated rings. The number of hydrogen-bond acceptors (Lipinski definition) is 5. The lowest BCUT2D eigenvalue weighted by atomic mass is 10.1. The number of carbonyl (C=O) groups is 1. The van der Waals surface area contributed by atoms with Crippen LogP contribution in [0.4, 0.5) is 10.5 Å². The van der Waals surface area contributed by atoms with Gasteiger partial charge in [0.25, 0.3) is 0 Å². The van der Waals surface area contributed by atoms with Gasteiger partial charge in [0.15, 0.2) is 5.96 Å². The Morgan fingerprint density at radius 1 is 1.13 bits per heavy atom. The number of rotatable bonds is 6. The maximum Gasteiger partial charge on any atom is 0.409 e. The van der Waals surface area contributed by atoms with Crippen LogP contribution in [0, 0.1) is 5.92 Å². The van der Waals surface area contributed by atoms with E-state index in [1.165, 1.54) is 0 Å². The number of anilines is 1. The first-order valence-electron chi connectivity index (χ1n) is 11.0. The van der Waals surface area contributed by atoms with Crippen molar-refractivity contribution in [1.82, 2.24) is 15.1 Å². The van der Waals surface area contributed by atoms with Gasteiger partial charge in [0.2, 0.25) is 0 Å². The summed E-state index contributed by atoms with van der Waals surface area (Å²) in [5, 5.41) is 3.41. The number of methoxy groups -OCH3 is 1. The van der Waals surface area contributed by atoms with Gasteiger partial charge in [-0.15, -0.1) is 0 Å². The van der Waals surface area contributed by atoms with Gasteiger partial charge in [-0.25, -0.2) is 4.79 Å². The Hall–Kier alpha value is -2.64. The molecule has 30 heavy (non-hydrogen) atoms. The lowest BCUT2D eigenvalue weighted by Crippen LogP contribution is -2.54. The molecular weight excluding hydrogens is 382 g/mol. The Bertz CT molecular complexity index is 718. The maximum atomic E-state index is 11.9. The molecule has 2 aliphatic rings. The van der Waals surface area contributed by atoms with Crippen molar-refractivity contribution in [2.45, 2.75) is 20.3 Å². The molecule has 1 atom stereocenters. The normalized spacial score (nSPS) is 19.8. The van der Waals surface area contributed by atoms with E-state index < -0.39 is 0 Å². The minimum absolute atomic E-state index is 0.221. The molecule has 1 unspecified atom stereocenters. The van der Waals surface area contributed by atoms with Gasteiger partial charge in [0.05, 0.1) is 19.4 Å². The van der Waals surface area contributed by atoms with Crippen LogP contribution in [-0.2, 0) is 4.74 Å². The summed E-state index contributed by atoms with van der Waals surface area (Å²) in [6.07, 6.45) is 0.902. The summed E-state index contributed by atoms with van der Waals surface area (Å²) in [7, 11) is 1.72. The van der Waals surface area contributed by atoms with Crippen LogP contribution in [0.2, 0.25) is 0 Å². The summed E-state index contributed by atoms with van der Waals surface area (Å²) >= 11 is 0. The molecule has 1 aromatic carbocycles. The van der Waals surface area contributed by atoms with E-state index in [0.29, 0.717) is 25.6 Å². The molecule has 0 saturated carbocycles. The van der Waals surface area contributed by atoms with Gasteiger partial charge in [0, 0.05) is 52.4 Å². The van der Waals surface area contributed by atoms with Crippen molar-refractivity contribution < 1.29 is 14.3 Å². The molecule has 3 rings (SSSR count). The van der Waals surface area contributed by atoms with Crippen LogP contribution in [0.1, 0.15) is 20.3 Å². The molecule has 1 amide bonds. The highest BCUT2D eigenvalue weighted by molar-refractivity contribution is 5.80. The molecule has 0 radical (unpaired) electrons. The molecule has 1 aromatic rings. The number of carbonyl (C=O) groups excluding carboxylic acids is 1. The number of nitrogens with zero attached hydrogens (tertiary/aromatic N) is 4. The summed E-state index contributed by atoms with van der Waals surface area (Å²) < 4.78 is 10.6. The third-order valence-corrected chi connectivity index (χ3v) is 5.65. The molecule has 8 nitrogen and oxygen atoms in total. The first kappa shape index (κ1) is 22.1. The molecule has 2 heterocycles. The quantitative estimate of drug-likeness (QED) is 0.566. The number of benzene rings is 1. The highest BCUT2D eigenvalue weighted by atomic mass is 16.6. The van der Waals surface area contributed by atoms with Crippen LogP contribution < -0.4 is 15.0 Å². The Kier molecular flexibility index (Phi) is 8.04. The van der Waals surface area contributed by atoms with Crippen molar-refractivity contribution >= 4 is 17.7 Å². The fourth-order valence-corrected chi connectivity index (χ4v) is 4.05. The Morgan fingerprint density at radius 3 is 2.57 bits per heavy atom. The fraction of sp³-hybridized carbons (Fsp3) is 0.636. The van der Waals surface area contributed by atoms with Crippen molar-refractivity contribution in [2.24, 2.45) is 10.9 Å². The second-order valence-corrected chi connectivity index (χ2v) is 7.64. The second kappa shape index (κ2) is 10.9. The predicted molar refractivity (Wildman–Crippen MR) is 119 cm³/mol. The largest absolute Gasteiger partial charge is 0.495 e. The highest BCUT2D eigenvalue weighted by Gasteiger charge is 2.26. The van der Waals surface area contributed by atoms with E-state index in [2.05, 4.69) is 34.2 Å². The highest BCUT2D eigenvalue weighted by Crippen LogP contribution is 2.32. The van der Waals surface area contributed by atoms with Gasteiger partial charge < -0.3 is 29.5 Å². The zero-order chi connectivity index (χ0) is 21.3. The number of hydrogen-bond donors (Lipinski definition) is 1. The van der Waals surface area contributed by atoms with Crippen LogP contribution in [-0.4, -0.2) is 87.9 Å². The van der Waals surface area contributed by atoms with E-state index >= 15 is 0 Å². The van der Waals surface area contributed by atoms with E-state index in [4.69, 9.17) is 14.5 Å². The number of aliphatic imine (C=N–C) groups is 1. The van der Waals surface area contributed by atoms with Gasteiger partial charge in [-0.3, -0.25) is 4.99 Å². The van der Waals surface area contributed by atoms with Crippen molar-refractivity contribution in [3.05, 3.63) is 24.3 Å². The monoisotopic (exact) mass is 417 g/mol. The minimum atomic E-state index is -0.221. The third kappa shape index (κ3) is 5.49. The topological polar surface area (TPSA) is 69.6 Å². The van der Waals surface area contributed by atoms with E-state index in [1.807, 2.05) is 19.1 Å². The van der Waals surface area contributed by atoms with Gasteiger partial charge in [-0.2, -0.15) is 0 Å². The summed E-state index contributed by atoms with van der Waals surface area (Å²) in [4.78, 5) is 23.3. The fourth-order valence-electron chi connectivity index (χ4n) is 4.05. The number of nitrogens with one attached hydrogen (secondary N) is 1. The number of piperazine rings is 1. The Morgan fingerprint density at radius 2 is 1.87 bits per heavy atom. The van der Waals surface area contributed by atoms with Crippen LogP contribution in [0.3, 0.4) is 0 Å². The van der Waals surface area contributed by atoms with Crippen molar-refractivity contribution in [3.63, 3.8) is 0 Å². The first-order valence-corrected chi connectivity index (χ1v) is 11.0. The summed E-state index contributed by atoms with van der Waals surface area (Å²) in [5.41, 5.74) is 1.16.